The summed E-state index contributed by atoms with van der Waals surface area (Å²) in [5.41, 5.74) is 0.863. The molecule has 98 valence electrons. The predicted molar refractivity (Wildman–Crippen MR) is 68.6 cm³/mol. The molecule has 1 aromatic heterocycles. The molecule has 2 N–H and O–H groups in total. The van der Waals surface area contributed by atoms with Crippen molar-refractivity contribution in [2.24, 2.45) is 11.8 Å². The van der Waals surface area contributed by atoms with Gasteiger partial charge >= 0.3 is 0 Å². The second-order valence-corrected chi connectivity index (χ2v) is 4.87. The molecule has 4 nitrogen and oxygen atoms in total. The second kappa shape index (κ2) is 6.50. The van der Waals surface area contributed by atoms with Gasteiger partial charge < -0.3 is 10.4 Å². The van der Waals surface area contributed by atoms with Crippen molar-refractivity contribution < 1.29 is 9.90 Å². The SMILES string of the molecule is O=C(NCc1ccccn1)C1CCCCC1CO. The third-order valence-electron chi connectivity index (χ3n) is 3.65. The van der Waals surface area contributed by atoms with Crippen LogP contribution < -0.4 is 5.32 Å². The van der Waals surface area contributed by atoms with Gasteiger partial charge in [-0.2, -0.15) is 0 Å². The Bertz CT molecular complexity index is 381. The van der Waals surface area contributed by atoms with E-state index in [-0.39, 0.29) is 24.3 Å². The van der Waals surface area contributed by atoms with E-state index in [4.69, 9.17) is 0 Å². The Morgan fingerprint density at radius 2 is 2.22 bits per heavy atom. The maximum Gasteiger partial charge on any atom is 0.223 e. The number of aliphatic hydroxyl groups excluding tert-OH is 1. The van der Waals surface area contributed by atoms with Gasteiger partial charge in [-0.05, 0) is 30.9 Å². The van der Waals surface area contributed by atoms with Crippen LogP contribution in [-0.4, -0.2) is 22.6 Å². The fraction of sp³-hybridized carbons (Fsp3) is 0.571. The molecular formula is C14H20N2O2. The molecule has 0 aromatic carbocycles. The molecule has 1 amide bonds. The first-order valence-electron chi connectivity index (χ1n) is 6.59. The van der Waals surface area contributed by atoms with Crippen molar-refractivity contribution >= 4 is 5.91 Å². The van der Waals surface area contributed by atoms with E-state index in [1.165, 1.54) is 0 Å². The van der Waals surface area contributed by atoms with E-state index >= 15 is 0 Å². The summed E-state index contributed by atoms with van der Waals surface area (Å²) in [5, 5.41) is 12.2. The van der Waals surface area contributed by atoms with Crippen LogP contribution in [0.1, 0.15) is 31.4 Å². The number of nitrogens with zero attached hydrogens (tertiary/aromatic N) is 1. The molecule has 1 fully saturated rings. The number of rotatable bonds is 4. The van der Waals surface area contributed by atoms with E-state index in [9.17, 15) is 9.90 Å². The van der Waals surface area contributed by atoms with E-state index in [0.717, 1.165) is 31.4 Å². The number of nitrogens with one attached hydrogen (secondary N) is 1. The van der Waals surface area contributed by atoms with Gasteiger partial charge in [0.15, 0.2) is 0 Å². The zero-order valence-electron chi connectivity index (χ0n) is 10.5. The zero-order chi connectivity index (χ0) is 12.8. The van der Waals surface area contributed by atoms with Crippen molar-refractivity contribution in [1.82, 2.24) is 10.3 Å². The van der Waals surface area contributed by atoms with Crippen LogP contribution in [0.2, 0.25) is 0 Å². The highest BCUT2D eigenvalue weighted by Crippen LogP contribution is 2.29. The highest BCUT2D eigenvalue weighted by Gasteiger charge is 2.30. The van der Waals surface area contributed by atoms with Gasteiger partial charge in [-0.15, -0.1) is 0 Å². The summed E-state index contributed by atoms with van der Waals surface area (Å²) in [4.78, 5) is 16.3. The Morgan fingerprint density at radius 1 is 1.39 bits per heavy atom. The number of amides is 1. The second-order valence-electron chi connectivity index (χ2n) is 4.87. The summed E-state index contributed by atoms with van der Waals surface area (Å²) in [6.45, 7) is 0.579. The van der Waals surface area contributed by atoms with E-state index in [0.29, 0.717) is 6.54 Å². The van der Waals surface area contributed by atoms with Crippen LogP contribution in [0, 0.1) is 11.8 Å². The van der Waals surface area contributed by atoms with Crippen molar-refractivity contribution in [1.29, 1.82) is 0 Å². The van der Waals surface area contributed by atoms with Gasteiger partial charge in [0.25, 0.3) is 0 Å². The standard InChI is InChI=1S/C14H20N2O2/c17-10-11-5-1-2-7-13(11)14(18)16-9-12-6-3-4-8-15-12/h3-4,6,8,11,13,17H,1-2,5,7,9-10H2,(H,16,18). The number of pyridine rings is 1. The molecule has 1 saturated carbocycles. The maximum absolute atomic E-state index is 12.1. The minimum absolute atomic E-state index is 0.0348. The summed E-state index contributed by atoms with van der Waals surface area (Å²) in [6.07, 6.45) is 5.77. The number of hydrogen-bond donors (Lipinski definition) is 2. The highest BCUT2D eigenvalue weighted by atomic mass is 16.3. The molecular weight excluding hydrogens is 228 g/mol. The summed E-state index contributed by atoms with van der Waals surface area (Å²) < 4.78 is 0. The van der Waals surface area contributed by atoms with E-state index < -0.39 is 0 Å². The average molecular weight is 248 g/mol. The van der Waals surface area contributed by atoms with E-state index in [2.05, 4.69) is 10.3 Å². The smallest absolute Gasteiger partial charge is 0.223 e. The van der Waals surface area contributed by atoms with E-state index in [1.54, 1.807) is 6.20 Å². The van der Waals surface area contributed by atoms with E-state index in [1.807, 2.05) is 18.2 Å². The maximum atomic E-state index is 12.1. The van der Waals surface area contributed by atoms with Crippen molar-refractivity contribution in [3.8, 4) is 0 Å². The molecule has 1 aliphatic rings. The lowest BCUT2D eigenvalue weighted by atomic mass is 9.79. The summed E-state index contributed by atoms with van der Waals surface area (Å²) in [6, 6.07) is 5.66. The van der Waals surface area contributed by atoms with Gasteiger partial charge in [0.05, 0.1) is 12.2 Å². The summed E-state index contributed by atoms with van der Waals surface area (Å²) >= 11 is 0. The van der Waals surface area contributed by atoms with Gasteiger partial charge in [0.1, 0.15) is 0 Å². The quantitative estimate of drug-likeness (QED) is 0.848. The first-order chi connectivity index (χ1) is 8.81. The molecule has 18 heavy (non-hydrogen) atoms. The molecule has 2 atom stereocenters. The molecule has 2 rings (SSSR count). The monoisotopic (exact) mass is 248 g/mol. The van der Waals surface area contributed by atoms with Crippen LogP contribution in [-0.2, 0) is 11.3 Å². The van der Waals surface area contributed by atoms with Gasteiger partial charge in [0, 0.05) is 18.7 Å². The van der Waals surface area contributed by atoms with Crippen molar-refractivity contribution in [2.75, 3.05) is 6.61 Å². The Kier molecular flexibility index (Phi) is 4.70. The number of aromatic nitrogens is 1. The van der Waals surface area contributed by atoms with Crippen molar-refractivity contribution in [3.63, 3.8) is 0 Å². The topological polar surface area (TPSA) is 62.2 Å². The van der Waals surface area contributed by atoms with Gasteiger partial charge in [-0.25, -0.2) is 0 Å². The molecule has 1 heterocycles. The Hall–Kier alpha value is -1.42. The summed E-state index contributed by atoms with van der Waals surface area (Å²) in [5.74, 6) is 0.148. The van der Waals surface area contributed by atoms with Crippen LogP contribution in [0.25, 0.3) is 0 Å². The fourth-order valence-electron chi connectivity index (χ4n) is 2.58. The first-order valence-corrected chi connectivity index (χ1v) is 6.59. The lowest BCUT2D eigenvalue weighted by molar-refractivity contribution is -0.128. The fourth-order valence-corrected chi connectivity index (χ4v) is 2.58. The molecule has 1 aromatic rings. The van der Waals surface area contributed by atoms with Crippen LogP contribution in [0.4, 0.5) is 0 Å². The Labute approximate surface area is 107 Å². The van der Waals surface area contributed by atoms with Crippen LogP contribution >= 0.6 is 0 Å². The minimum Gasteiger partial charge on any atom is -0.396 e. The number of carbonyl (C=O) groups is 1. The van der Waals surface area contributed by atoms with Crippen molar-refractivity contribution in [3.05, 3.63) is 30.1 Å². The minimum atomic E-state index is -0.0348. The largest absolute Gasteiger partial charge is 0.396 e. The predicted octanol–water partition coefficient (Wildman–Crippen LogP) is 1.50. The van der Waals surface area contributed by atoms with Crippen LogP contribution in [0.15, 0.2) is 24.4 Å². The third kappa shape index (κ3) is 3.29. The average Bonchev–Trinajstić information content (AvgIpc) is 2.45. The normalized spacial score (nSPS) is 23.6. The van der Waals surface area contributed by atoms with Gasteiger partial charge in [-0.1, -0.05) is 18.9 Å². The molecule has 2 unspecified atom stereocenters. The lowest BCUT2D eigenvalue weighted by Crippen LogP contribution is -2.37. The molecule has 0 saturated heterocycles. The Balaban J connectivity index is 1.87. The zero-order valence-corrected chi connectivity index (χ0v) is 10.5. The molecule has 4 heteroatoms. The summed E-state index contributed by atoms with van der Waals surface area (Å²) in [7, 11) is 0. The first kappa shape index (κ1) is 13.0. The lowest BCUT2D eigenvalue weighted by Gasteiger charge is -2.29. The highest BCUT2D eigenvalue weighted by molar-refractivity contribution is 5.79. The van der Waals surface area contributed by atoms with Crippen molar-refractivity contribution in [2.45, 2.75) is 32.2 Å². The molecule has 1 aliphatic carbocycles. The molecule has 0 aliphatic heterocycles. The van der Waals surface area contributed by atoms with Crippen LogP contribution in [0.5, 0.6) is 0 Å². The molecule has 0 bridgehead atoms. The third-order valence-corrected chi connectivity index (χ3v) is 3.65. The number of aliphatic hydroxyl groups is 1. The van der Waals surface area contributed by atoms with Gasteiger partial charge in [-0.3, -0.25) is 9.78 Å². The number of hydrogen-bond acceptors (Lipinski definition) is 3. The Morgan fingerprint density at radius 3 is 2.94 bits per heavy atom. The molecule has 0 spiro atoms. The molecule has 0 radical (unpaired) electrons. The van der Waals surface area contributed by atoms with Crippen LogP contribution in [0.3, 0.4) is 0 Å². The van der Waals surface area contributed by atoms with Gasteiger partial charge in [0.2, 0.25) is 5.91 Å². The number of carbonyl (C=O) groups excluding carboxylic acids is 1.